The Morgan fingerprint density at radius 1 is 1.37 bits per heavy atom. The number of pyridine rings is 1. The number of rotatable bonds is 6. The first-order valence-corrected chi connectivity index (χ1v) is 10.6. The smallest absolute Gasteiger partial charge is 0.289 e. The van der Waals surface area contributed by atoms with Crippen LogP contribution in [0.4, 0.5) is 15.8 Å². The number of anilines is 2. The molecule has 7 nitrogen and oxygen atoms in total. The summed E-state index contributed by atoms with van der Waals surface area (Å²) in [4.78, 5) is 16.9. The monoisotopic (exact) mass is 525 g/mol. The van der Waals surface area contributed by atoms with Gasteiger partial charge in [0.25, 0.3) is 5.91 Å². The molecule has 0 spiro atoms. The van der Waals surface area contributed by atoms with E-state index in [0.29, 0.717) is 36.2 Å². The van der Waals surface area contributed by atoms with Gasteiger partial charge in [-0.25, -0.2) is 4.39 Å². The molecule has 2 N–H and O–H groups in total. The summed E-state index contributed by atoms with van der Waals surface area (Å²) in [6, 6.07) is 6.46. The van der Waals surface area contributed by atoms with Crippen LogP contribution in [0.5, 0.6) is 0 Å². The summed E-state index contributed by atoms with van der Waals surface area (Å²) in [7, 11) is 0. The second-order valence-corrected chi connectivity index (χ2v) is 8.67. The van der Waals surface area contributed by atoms with E-state index in [1.165, 1.54) is 6.07 Å². The molecule has 1 aliphatic rings. The van der Waals surface area contributed by atoms with Gasteiger partial charge in [-0.2, -0.15) is 0 Å². The maximum absolute atomic E-state index is 14.4. The van der Waals surface area contributed by atoms with E-state index < -0.39 is 17.5 Å². The molecule has 0 aliphatic carbocycles. The lowest BCUT2D eigenvalue weighted by atomic mass is 10.2. The van der Waals surface area contributed by atoms with Crippen LogP contribution in [0.2, 0.25) is 0 Å². The zero-order chi connectivity index (χ0) is 21.3. The molecule has 1 amide bonds. The minimum Gasteiger partial charge on any atom is -0.448 e. The lowest BCUT2D eigenvalue weighted by Crippen LogP contribution is -2.29. The topological polar surface area (TPSA) is 85.6 Å². The van der Waals surface area contributed by atoms with Crippen molar-refractivity contribution in [1.29, 1.82) is 0 Å². The number of amides is 1. The lowest BCUT2D eigenvalue weighted by Gasteiger charge is -2.17. The number of halogens is 2. The minimum atomic E-state index is -0.602. The molecule has 1 fully saturated rings. The van der Waals surface area contributed by atoms with Crippen LogP contribution in [0.15, 0.2) is 41.1 Å². The molecular formula is C21H21FIN3O4. The van der Waals surface area contributed by atoms with Gasteiger partial charge >= 0.3 is 0 Å². The largest absolute Gasteiger partial charge is 0.448 e. The van der Waals surface area contributed by atoms with Gasteiger partial charge in [0, 0.05) is 22.5 Å². The number of benzene rings is 1. The second kappa shape index (κ2) is 8.48. The molecule has 3 heterocycles. The van der Waals surface area contributed by atoms with Gasteiger partial charge in [0.05, 0.1) is 23.8 Å². The number of aromatic nitrogens is 1. The van der Waals surface area contributed by atoms with Gasteiger partial charge in [-0.05, 0) is 67.1 Å². The number of fused-ring (bicyclic) bond motifs is 1. The molecule has 0 bridgehead atoms. The molecule has 1 aliphatic heterocycles. The van der Waals surface area contributed by atoms with E-state index in [-0.39, 0.29) is 17.6 Å². The SMILES string of the molecule is CC1(C)OCC(CCNC(=O)c2oc3ccncc3c2Nc2ccc(I)cc2F)O1. The summed E-state index contributed by atoms with van der Waals surface area (Å²) >= 11 is 2.04. The number of furan rings is 1. The number of ether oxygens (including phenoxy) is 2. The Morgan fingerprint density at radius 3 is 2.93 bits per heavy atom. The molecule has 30 heavy (non-hydrogen) atoms. The first-order chi connectivity index (χ1) is 14.3. The Bertz CT molecular complexity index is 1090. The molecule has 0 saturated carbocycles. The van der Waals surface area contributed by atoms with Crippen LogP contribution in [-0.2, 0) is 9.47 Å². The molecule has 4 rings (SSSR count). The van der Waals surface area contributed by atoms with Crippen molar-refractivity contribution in [2.24, 2.45) is 0 Å². The molecule has 9 heteroatoms. The van der Waals surface area contributed by atoms with E-state index in [9.17, 15) is 9.18 Å². The molecule has 1 saturated heterocycles. The number of nitrogens with zero attached hydrogens (tertiary/aromatic N) is 1. The predicted octanol–water partition coefficient (Wildman–Crippen LogP) is 4.59. The third-order valence-electron chi connectivity index (χ3n) is 4.71. The third kappa shape index (κ3) is 4.57. The fourth-order valence-electron chi connectivity index (χ4n) is 3.28. The van der Waals surface area contributed by atoms with Crippen molar-refractivity contribution in [2.75, 3.05) is 18.5 Å². The second-order valence-electron chi connectivity index (χ2n) is 7.42. The summed E-state index contributed by atoms with van der Waals surface area (Å²) in [5.41, 5.74) is 1.10. The van der Waals surface area contributed by atoms with Crippen LogP contribution in [0.3, 0.4) is 0 Å². The minimum absolute atomic E-state index is 0.0693. The Morgan fingerprint density at radius 2 is 2.20 bits per heavy atom. The van der Waals surface area contributed by atoms with Gasteiger partial charge in [-0.15, -0.1) is 0 Å². The van der Waals surface area contributed by atoms with Crippen LogP contribution < -0.4 is 10.6 Å². The molecule has 0 radical (unpaired) electrons. The van der Waals surface area contributed by atoms with E-state index in [4.69, 9.17) is 13.9 Å². The van der Waals surface area contributed by atoms with Crippen molar-refractivity contribution in [1.82, 2.24) is 10.3 Å². The molecule has 1 atom stereocenters. The standard InChI is InChI=1S/C21H21FIN3O4/c1-21(2)28-11-13(30-21)5-8-25-20(27)19-18(14-10-24-7-6-17(14)29-19)26-16-4-3-12(23)9-15(16)22/h3-4,6-7,9-10,13,26H,5,8,11H2,1-2H3,(H,25,27). The zero-order valence-electron chi connectivity index (χ0n) is 16.5. The summed E-state index contributed by atoms with van der Waals surface area (Å²) in [5, 5.41) is 6.43. The number of carbonyl (C=O) groups is 1. The normalized spacial score (nSPS) is 17.9. The fraction of sp³-hybridized carbons (Fsp3) is 0.333. The van der Waals surface area contributed by atoms with Crippen LogP contribution in [0.1, 0.15) is 30.8 Å². The maximum Gasteiger partial charge on any atom is 0.289 e. The number of carbonyl (C=O) groups excluding carboxylic acids is 1. The van der Waals surface area contributed by atoms with Gasteiger partial charge in [-0.3, -0.25) is 9.78 Å². The van der Waals surface area contributed by atoms with Gasteiger partial charge in [0.2, 0.25) is 5.76 Å². The van der Waals surface area contributed by atoms with E-state index in [1.54, 1.807) is 30.6 Å². The van der Waals surface area contributed by atoms with E-state index in [0.717, 1.165) is 3.57 Å². The van der Waals surface area contributed by atoms with Crippen molar-refractivity contribution in [2.45, 2.75) is 32.2 Å². The average molecular weight is 525 g/mol. The highest BCUT2D eigenvalue weighted by atomic mass is 127. The van der Waals surface area contributed by atoms with E-state index in [2.05, 4.69) is 15.6 Å². The van der Waals surface area contributed by atoms with Crippen molar-refractivity contribution in [3.05, 3.63) is 51.8 Å². The molecule has 3 aromatic rings. The maximum atomic E-state index is 14.4. The van der Waals surface area contributed by atoms with Crippen molar-refractivity contribution in [3.63, 3.8) is 0 Å². The van der Waals surface area contributed by atoms with Crippen molar-refractivity contribution in [3.8, 4) is 0 Å². The number of hydrogen-bond donors (Lipinski definition) is 2. The first kappa shape index (κ1) is 21.0. The Balaban J connectivity index is 1.53. The highest BCUT2D eigenvalue weighted by Gasteiger charge is 2.32. The third-order valence-corrected chi connectivity index (χ3v) is 5.38. The van der Waals surface area contributed by atoms with Crippen LogP contribution in [0.25, 0.3) is 11.0 Å². The van der Waals surface area contributed by atoms with E-state index in [1.807, 2.05) is 36.4 Å². The number of hydrogen-bond acceptors (Lipinski definition) is 6. The van der Waals surface area contributed by atoms with Crippen LogP contribution in [0, 0.1) is 9.39 Å². The molecular weight excluding hydrogens is 504 g/mol. The predicted molar refractivity (Wildman–Crippen MR) is 118 cm³/mol. The summed E-state index contributed by atoms with van der Waals surface area (Å²) in [6.45, 7) is 4.58. The number of nitrogens with one attached hydrogen (secondary N) is 2. The zero-order valence-corrected chi connectivity index (χ0v) is 18.7. The van der Waals surface area contributed by atoms with Gasteiger partial charge in [-0.1, -0.05) is 0 Å². The highest BCUT2D eigenvalue weighted by molar-refractivity contribution is 14.1. The summed E-state index contributed by atoms with van der Waals surface area (Å²) in [6.07, 6.45) is 3.67. The molecule has 158 valence electrons. The molecule has 1 unspecified atom stereocenters. The lowest BCUT2D eigenvalue weighted by molar-refractivity contribution is -0.138. The quantitative estimate of drug-likeness (QED) is 0.459. The first-order valence-electron chi connectivity index (χ1n) is 9.51. The van der Waals surface area contributed by atoms with Gasteiger partial charge in [0.15, 0.2) is 5.79 Å². The summed E-state index contributed by atoms with van der Waals surface area (Å²) < 4.78 is 32.2. The Labute approximate surface area is 186 Å². The van der Waals surface area contributed by atoms with E-state index >= 15 is 0 Å². The fourth-order valence-corrected chi connectivity index (χ4v) is 3.74. The van der Waals surface area contributed by atoms with Gasteiger partial charge < -0.3 is 24.5 Å². The summed E-state index contributed by atoms with van der Waals surface area (Å²) in [5.74, 6) is -1.36. The van der Waals surface area contributed by atoms with Crippen molar-refractivity contribution < 1.29 is 23.1 Å². The molecule has 1 aromatic carbocycles. The average Bonchev–Trinajstić information content (AvgIpc) is 3.24. The van der Waals surface area contributed by atoms with Gasteiger partial charge in [0.1, 0.15) is 17.1 Å². The Hall–Kier alpha value is -2.24. The van der Waals surface area contributed by atoms with Crippen molar-refractivity contribution >= 4 is 50.8 Å². The van der Waals surface area contributed by atoms with Crippen LogP contribution in [-0.4, -0.2) is 35.9 Å². The van der Waals surface area contributed by atoms with Crippen LogP contribution >= 0.6 is 22.6 Å². The Kier molecular flexibility index (Phi) is 5.94. The molecule has 2 aromatic heterocycles. The highest BCUT2D eigenvalue weighted by Crippen LogP contribution is 2.34.